The number of nitrogens with two attached hydrogens (primary N) is 1. The second kappa shape index (κ2) is 5.02. The van der Waals surface area contributed by atoms with Crippen LogP contribution in [0.2, 0.25) is 5.02 Å². The van der Waals surface area contributed by atoms with Gasteiger partial charge in [0.15, 0.2) is 0 Å². The SMILES string of the molecule is NC1CCC(Nc2cc(F)cc(Cl)c2)CC1. The van der Waals surface area contributed by atoms with E-state index in [0.717, 1.165) is 31.4 Å². The van der Waals surface area contributed by atoms with Gasteiger partial charge in [-0.3, -0.25) is 0 Å². The Labute approximate surface area is 100.0 Å². The summed E-state index contributed by atoms with van der Waals surface area (Å²) >= 11 is 5.79. The fraction of sp³-hybridized carbons (Fsp3) is 0.500. The minimum Gasteiger partial charge on any atom is -0.382 e. The fourth-order valence-corrected chi connectivity index (χ4v) is 2.36. The summed E-state index contributed by atoms with van der Waals surface area (Å²) < 4.78 is 13.1. The highest BCUT2D eigenvalue weighted by Gasteiger charge is 2.18. The summed E-state index contributed by atoms with van der Waals surface area (Å²) in [6.07, 6.45) is 4.13. The molecule has 0 heterocycles. The van der Waals surface area contributed by atoms with Gasteiger partial charge in [-0.25, -0.2) is 4.39 Å². The second-order valence-corrected chi connectivity index (χ2v) is 4.85. The molecule has 0 unspecified atom stereocenters. The van der Waals surface area contributed by atoms with Crippen molar-refractivity contribution in [1.29, 1.82) is 0 Å². The van der Waals surface area contributed by atoms with E-state index < -0.39 is 0 Å². The molecule has 1 aromatic rings. The first-order valence-electron chi connectivity index (χ1n) is 5.62. The van der Waals surface area contributed by atoms with Gasteiger partial charge in [0.25, 0.3) is 0 Å². The smallest absolute Gasteiger partial charge is 0.126 e. The van der Waals surface area contributed by atoms with Crippen molar-refractivity contribution in [2.24, 2.45) is 5.73 Å². The Morgan fingerprint density at radius 3 is 2.50 bits per heavy atom. The molecular formula is C12H16ClFN2. The normalized spacial score (nSPS) is 25.4. The van der Waals surface area contributed by atoms with E-state index in [1.54, 1.807) is 6.07 Å². The van der Waals surface area contributed by atoms with Gasteiger partial charge >= 0.3 is 0 Å². The first kappa shape index (κ1) is 11.7. The van der Waals surface area contributed by atoms with Gasteiger partial charge in [0, 0.05) is 22.8 Å². The topological polar surface area (TPSA) is 38.0 Å². The lowest BCUT2D eigenvalue weighted by molar-refractivity contribution is 0.411. The van der Waals surface area contributed by atoms with Crippen molar-refractivity contribution in [2.75, 3.05) is 5.32 Å². The molecule has 1 saturated carbocycles. The van der Waals surface area contributed by atoms with E-state index in [9.17, 15) is 4.39 Å². The quantitative estimate of drug-likeness (QED) is 0.836. The average molecular weight is 243 g/mol. The standard InChI is InChI=1S/C12H16ClFN2/c13-8-5-9(14)7-12(6-8)16-11-3-1-10(15)2-4-11/h5-7,10-11,16H,1-4,15H2. The molecule has 16 heavy (non-hydrogen) atoms. The van der Waals surface area contributed by atoms with Crippen LogP contribution in [0.25, 0.3) is 0 Å². The molecular weight excluding hydrogens is 227 g/mol. The molecule has 0 aliphatic heterocycles. The molecule has 1 fully saturated rings. The highest BCUT2D eigenvalue weighted by Crippen LogP contribution is 2.23. The third kappa shape index (κ3) is 3.09. The molecule has 0 atom stereocenters. The highest BCUT2D eigenvalue weighted by molar-refractivity contribution is 6.30. The molecule has 0 spiro atoms. The maximum atomic E-state index is 13.1. The maximum Gasteiger partial charge on any atom is 0.126 e. The molecule has 2 rings (SSSR count). The summed E-state index contributed by atoms with van der Waals surface area (Å²) in [5.74, 6) is -0.303. The molecule has 4 heteroatoms. The molecule has 0 radical (unpaired) electrons. The van der Waals surface area contributed by atoms with Crippen molar-refractivity contribution >= 4 is 17.3 Å². The molecule has 0 aromatic heterocycles. The summed E-state index contributed by atoms with van der Waals surface area (Å²) in [4.78, 5) is 0. The van der Waals surface area contributed by atoms with Crippen LogP contribution in [0.3, 0.4) is 0 Å². The lowest BCUT2D eigenvalue weighted by Crippen LogP contribution is -2.32. The monoisotopic (exact) mass is 242 g/mol. The van der Waals surface area contributed by atoms with Crippen molar-refractivity contribution in [3.05, 3.63) is 29.0 Å². The van der Waals surface area contributed by atoms with Crippen molar-refractivity contribution in [2.45, 2.75) is 37.8 Å². The lowest BCUT2D eigenvalue weighted by atomic mass is 9.92. The minimum absolute atomic E-state index is 0.303. The van der Waals surface area contributed by atoms with E-state index in [2.05, 4.69) is 5.32 Å². The minimum atomic E-state index is -0.303. The van der Waals surface area contributed by atoms with Gasteiger partial charge in [-0.05, 0) is 43.9 Å². The number of hydrogen-bond donors (Lipinski definition) is 2. The van der Waals surface area contributed by atoms with E-state index >= 15 is 0 Å². The van der Waals surface area contributed by atoms with Crippen molar-refractivity contribution in [1.82, 2.24) is 0 Å². The number of nitrogens with one attached hydrogen (secondary N) is 1. The Kier molecular flexibility index (Phi) is 3.66. The molecule has 1 aliphatic carbocycles. The van der Waals surface area contributed by atoms with Crippen LogP contribution < -0.4 is 11.1 Å². The zero-order valence-electron chi connectivity index (χ0n) is 9.05. The molecule has 3 N–H and O–H groups in total. The number of anilines is 1. The van der Waals surface area contributed by atoms with Gasteiger partial charge in [0.2, 0.25) is 0 Å². The largest absolute Gasteiger partial charge is 0.382 e. The van der Waals surface area contributed by atoms with Gasteiger partial charge in [-0.2, -0.15) is 0 Å². The van der Waals surface area contributed by atoms with Crippen LogP contribution in [0.15, 0.2) is 18.2 Å². The van der Waals surface area contributed by atoms with Gasteiger partial charge in [-0.15, -0.1) is 0 Å². The van der Waals surface area contributed by atoms with E-state index in [0.29, 0.717) is 17.1 Å². The van der Waals surface area contributed by atoms with Crippen LogP contribution in [0, 0.1) is 5.82 Å². The van der Waals surface area contributed by atoms with Crippen LogP contribution >= 0.6 is 11.6 Å². The lowest BCUT2D eigenvalue weighted by Gasteiger charge is -2.27. The van der Waals surface area contributed by atoms with Gasteiger partial charge < -0.3 is 11.1 Å². The first-order chi connectivity index (χ1) is 7.63. The van der Waals surface area contributed by atoms with E-state index in [-0.39, 0.29) is 5.82 Å². The number of halogens is 2. The van der Waals surface area contributed by atoms with E-state index in [1.807, 2.05) is 0 Å². The van der Waals surface area contributed by atoms with Crippen LogP contribution in [0.4, 0.5) is 10.1 Å². The third-order valence-electron chi connectivity index (χ3n) is 3.01. The molecule has 2 nitrogen and oxygen atoms in total. The molecule has 0 saturated heterocycles. The van der Waals surface area contributed by atoms with Gasteiger partial charge in [0.1, 0.15) is 5.82 Å². The highest BCUT2D eigenvalue weighted by atomic mass is 35.5. The molecule has 0 amide bonds. The Morgan fingerprint density at radius 1 is 1.19 bits per heavy atom. The Bertz CT molecular complexity index is 342. The van der Waals surface area contributed by atoms with Crippen molar-refractivity contribution in [3.8, 4) is 0 Å². The zero-order valence-corrected chi connectivity index (χ0v) is 9.80. The van der Waals surface area contributed by atoms with E-state index in [4.69, 9.17) is 17.3 Å². The summed E-state index contributed by atoms with van der Waals surface area (Å²) in [7, 11) is 0. The molecule has 1 aromatic carbocycles. The maximum absolute atomic E-state index is 13.1. The van der Waals surface area contributed by atoms with Crippen LogP contribution in [-0.2, 0) is 0 Å². The summed E-state index contributed by atoms with van der Waals surface area (Å²) in [5.41, 5.74) is 6.58. The average Bonchev–Trinajstić information content (AvgIpc) is 2.20. The van der Waals surface area contributed by atoms with Gasteiger partial charge in [0.05, 0.1) is 0 Å². The summed E-state index contributed by atoms with van der Waals surface area (Å²) in [6.45, 7) is 0. The Balaban J connectivity index is 1.98. The third-order valence-corrected chi connectivity index (χ3v) is 3.22. The zero-order chi connectivity index (χ0) is 11.5. The molecule has 1 aliphatic rings. The van der Waals surface area contributed by atoms with Crippen LogP contribution in [0.5, 0.6) is 0 Å². The van der Waals surface area contributed by atoms with Gasteiger partial charge in [-0.1, -0.05) is 11.6 Å². The van der Waals surface area contributed by atoms with E-state index in [1.165, 1.54) is 12.1 Å². The number of hydrogen-bond acceptors (Lipinski definition) is 2. The predicted octanol–water partition coefficient (Wildman–Crippen LogP) is 3.16. The Hall–Kier alpha value is -0.800. The number of rotatable bonds is 2. The second-order valence-electron chi connectivity index (χ2n) is 4.41. The first-order valence-corrected chi connectivity index (χ1v) is 5.99. The summed E-state index contributed by atoms with van der Waals surface area (Å²) in [5, 5.41) is 3.73. The predicted molar refractivity (Wildman–Crippen MR) is 65.3 cm³/mol. The molecule has 88 valence electrons. The fourth-order valence-electron chi connectivity index (χ4n) is 2.14. The molecule has 0 bridgehead atoms. The van der Waals surface area contributed by atoms with Crippen LogP contribution in [-0.4, -0.2) is 12.1 Å². The summed E-state index contributed by atoms with van der Waals surface area (Å²) in [6, 6.07) is 5.25. The Morgan fingerprint density at radius 2 is 1.88 bits per heavy atom. The van der Waals surface area contributed by atoms with Crippen molar-refractivity contribution in [3.63, 3.8) is 0 Å². The number of benzene rings is 1. The van der Waals surface area contributed by atoms with Crippen LogP contribution in [0.1, 0.15) is 25.7 Å². The van der Waals surface area contributed by atoms with Crippen molar-refractivity contribution < 1.29 is 4.39 Å².